The number of nitrogens with two attached hydrogens (primary N) is 1. The molecule has 2 nitrogen and oxygen atoms in total. The summed E-state index contributed by atoms with van der Waals surface area (Å²) in [5.74, 6) is 0. The zero-order valence-corrected chi connectivity index (χ0v) is 7.85. The van der Waals surface area contributed by atoms with E-state index in [1.807, 2.05) is 30.3 Å². The molecule has 70 valence electrons. The van der Waals surface area contributed by atoms with Crippen LogP contribution in [0.15, 0.2) is 48.7 Å². The Morgan fingerprint density at radius 1 is 1.00 bits per heavy atom. The molecule has 0 bridgehead atoms. The molecule has 0 aliphatic rings. The van der Waals surface area contributed by atoms with E-state index in [-0.39, 0.29) is 0 Å². The van der Waals surface area contributed by atoms with Crippen molar-refractivity contribution >= 4 is 0 Å². The Morgan fingerprint density at radius 2 is 1.79 bits per heavy atom. The van der Waals surface area contributed by atoms with E-state index >= 15 is 0 Å². The van der Waals surface area contributed by atoms with Gasteiger partial charge in [-0.1, -0.05) is 30.3 Å². The molecule has 2 aromatic rings. The Hall–Kier alpha value is -1.67. The van der Waals surface area contributed by atoms with E-state index in [1.165, 1.54) is 11.1 Å². The summed E-state index contributed by atoms with van der Waals surface area (Å²) in [6, 6.07) is 14.2. The summed E-state index contributed by atoms with van der Waals surface area (Å²) in [6.45, 7) is 0.487. The first-order chi connectivity index (χ1) is 6.90. The lowest BCUT2D eigenvalue weighted by Gasteiger charge is -2.02. The van der Waals surface area contributed by atoms with Crippen molar-refractivity contribution in [1.82, 2.24) is 4.98 Å². The summed E-state index contributed by atoms with van der Waals surface area (Å²) < 4.78 is 0. The van der Waals surface area contributed by atoms with Crippen LogP contribution in [-0.4, -0.2) is 4.98 Å². The maximum absolute atomic E-state index is 5.53. The normalized spacial score (nSPS) is 10.1. The average Bonchev–Trinajstić information content (AvgIpc) is 2.30. The number of hydrogen-bond donors (Lipinski definition) is 1. The van der Waals surface area contributed by atoms with Gasteiger partial charge in [-0.25, -0.2) is 0 Å². The zero-order valence-electron chi connectivity index (χ0n) is 7.85. The van der Waals surface area contributed by atoms with Crippen molar-refractivity contribution in [3.63, 3.8) is 0 Å². The molecule has 0 amide bonds. The minimum atomic E-state index is 0.487. The molecule has 0 unspecified atom stereocenters. The van der Waals surface area contributed by atoms with Crippen LogP contribution in [0.25, 0.3) is 11.1 Å². The standard InChI is InChI=1S/C12H12N2/c13-9-12-8-11(6-7-14-12)10-4-2-1-3-5-10/h1-8H,9,13H2. The third-order valence-electron chi connectivity index (χ3n) is 2.13. The molecular weight excluding hydrogens is 172 g/mol. The smallest absolute Gasteiger partial charge is 0.0545 e. The maximum atomic E-state index is 5.53. The van der Waals surface area contributed by atoms with Crippen LogP contribution in [0.4, 0.5) is 0 Å². The molecule has 0 aliphatic heterocycles. The number of aromatic nitrogens is 1. The fraction of sp³-hybridized carbons (Fsp3) is 0.0833. The highest BCUT2D eigenvalue weighted by Crippen LogP contribution is 2.18. The molecule has 2 rings (SSSR count). The fourth-order valence-corrected chi connectivity index (χ4v) is 1.40. The van der Waals surface area contributed by atoms with E-state index in [9.17, 15) is 0 Å². The van der Waals surface area contributed by atoms with Crippen LogP contribution in [0.5, 0.6) is 0 Å². The zero-order chi connectivity index (χ0) is 9.80. The molecule has 0 saturated heterocycles. The minimum Gasteiger partial charge on any atom is -0.325 e. The summed E-state index contributed by atoms with van der Waals surface area (Å²) in [4.78, 5) is 4.16. The largest absolute Gasteiger partial charge is 0.325 e. The third-order valence-corrected chi connectivity index (χ3v) is 2.13. The first-order valence-electron chi connectivity index (χ1n) is 4.60. The highest BCUT2D eigenvalue weighted by Gasteiger charge is 1.97. The molecule has 1 aromatic carbocycles. The molecule has 0 atom stereocenters. The van der Waals surface area contributed by atoms with Crippen LogP contribution in [-0.2, 0) is 6.54 Å². The highest BCUT2D eigenvalue weighted by atomic mass is 14.7. The van der Waals surface area contributed by atoms with Crippen LogP contribution in [0.1, 0.15) is 5.69 Å². The molecule has 14 heavy (non-hydrogen) atoms. The van der Waals surface area contributed by atoms with Gasteiger partial charge in [-0.15, -0.1) is 0 Å². The van der Waals surface area contributed by atoms with Gasteiger partial charge < -0.3 is 5.73 Å². The van der Waals surface area contributed by atoms with E-state index < -0.39 is 0 Å². The van der Waals surface area contributed by atoms with Crippen molar-refractivity contribution in [1.29, 1.82) is 0 Å². The van der Waals surface area contributed by atoms with Gasteiger partial charge in [0, 0.05) is 12.7 Å². The quantitative estimate of drug-likeness (QED) is 0.777. The topological polar surface area (TPSA) is 38.9 Å². The second-order valence-electron chi connectivity index (χ2n) is 3.11. The maximum Gasteiger partial charge on any atom is 0.0545 e. The molecule has 1 heterocycles. The number of pyridine rings is 1. The van der Waals surface area contributed by atoms with Gasteiger partial charge in [-0.2, -0.15) is 0 Å². The van der Waals surface area contributed by atoms with Crippen LogP contribution < -0.4 is 5.73 Å². The summed E-state index contributed by atoms with van der Waals surface area (Å²) in [6.07, 6.45) is 1.80. The van der Waals surface area contributed by atoms with Crippen LogP contribution >= 0.6 is 0 Å². The summed E-state index contributed by atoms with van der Waals surface area (Å²) in [5, 5.41) is 0. The molecule has 0 fully saturated rings. The summed E-state index contributed by atoms with van der Waals surface area (Å²) in [5.41, 5.74) is 8.82. The number of nitrogens with zero attached hydrogens (tertiary/aromatic N) is 1. The first kappa shape index (κ1) is 8.91. The third kappa shape index (κ3) is 1.80. The first-order valence-corrected chi connectivity index (χ1v) is 4.60. The fourth-order valence-electron chi connectivity index (χ4n) is 1.40. The van der Waals surface area contributed by atoms with Gasteiger partial charge in [-0.05, 0) is 23.3 Å². The van der Waals surface area contributed by atoms with Gasteiger partial charge in [-0.3, -0.25) is 4.98 Å². The Balaban J connectivity index is 2.42. The average molecular weight is 184 g/mol. The van der Waals surface area contributed by atoms with Gasteiger partial charge in [0.1, 0.15) is 0 Å². The van der Waals surface area contributed by atoms with Crippen LogP contribution in [0, 0.1) is 0 Å². The molecule has 0 aliphatic carbocycles. The molecule has 0 radical (unpaired) electrons. The Labute approximate surface area is 83.4 Å². The van der Waals surface area contributed by atoms with Gasteiger partial charge >= 0.3 is 0 Å². The lowest BCUT2D eigenvalue weighted by molar-refractivity contribution is 0.991. The van der Waals surface area contributed by atoms with Crippen molar-refractivity contribution in [2.45, 2.75) is 6.54 Å². The van der Waals surface area contributed by atoms with Gasteiger partial charge in [0.15, 0.2) is 0 Å². The van der Waals surface area contributed by atoms with E-state index in [4.69, 9.17) is 5.73 Å². The Kier molecular flexibility index (Phi) is 2.56. The Morgan fingerprint density at radius 3 is 2.50 bits per heavy atom. The van der Waals surface area contributed by atoms with Crippen LogP contribution in [0.3, 0.4) is 0 Å². The number of rotatable bonds is 2. The Bertz CT molecular complexity index is 410. The molecular formula is C12H12N2. The molecule has 2 N–H and O–H groups in total. The van der Waals surface area contributed by atoms with E-state index in [1.54, 1.807) is 6.20 Å². The van der Waals surface area contributed by atoms with E-state index in [2.05, 4.69) is 17.1 Å². The molecule has 2 heteroatoms. The van der Waals surface area contributed by atoms with Crippen molar-refractivity contribution in [3.05, 3.63) is 54.4 Å². The highest BCUT2D eigenvalue weighted by molar-refractivity contribution is 5.63. The predicted octanol–water partition coefficient (Wildman–Crippen LogP) is 2.21. The SMILES string of the molecule is NCc1cc(-c2ccccc2)ccn1. The second-order valence-corrected chi connectivity index (χ2v) is 3.11. The van der Waals surface area contributed by atoms with Gasteiger partial charge in [0.25, 0.3) is 0 Å². The van der Waals surface area contributed by atoms with Crippen LogP contribution in [0.2, 0.25) is 0 Å². The van der Waals surface area contributed by atoms with Crippen molar-refractivity contribution in [3.8, 4) is 11.1 Å². The van der Waals surface area contributed by atoms with Crippen molar-refractivity contribution in [2.75, 3.05) is 0 Å². The number of hydrogen-bond acceptors (Lipinski definition) is 2. The molecule has 0 saturated carbocycles. The van der Waals surface area contributed by atoms with Crippen molar-refractivity contribution in [2.24, 2.45) is 5.73 Å². The van der Waals surface area contributed by atoms with Crippen molar-refractivity contribution < 1.29 is 0 Å². The summed E-state index contributed by atoms with van der Waals surface area (Å²) in [7, 11) is 0. The molecule has 1 aromatic heterocycles. The molecule has 0 spiro atoms. The predicted molar refractivity (Wildman–Crippen MR) is 57.6 cm³/mol. The monoisotopic (exact) mass is 184 g/mol. The van der Waals surface area contributed by atoms with E-state index in [0.717, 1.165) is 5.69 Å². The lowest BCUT2D eigenvalue weighted by atomic mass is 10.1. The summed E-state index contributed by atoms with van der Waals surface area (Å²) >= 11 is 0. The van der Waals surface area contributed by atoms with E-state index in [0.29, 0.717) is 6.54 Å². The second kappa shape index (κ2) is 4.03. The number of benzene rings is 1. The minimum absolute atomic E-state index is 0.487. The lowest BCUT2D eigenvalue weighted by Crippen LogP contribution is -1.98. The van der Waals surface area contributed by atoms with Gasteiger partial charge in [0.2, 0.25) is 0 Å². The van der Waals surface area contributed by atoms with Gasteiger partial charge in [0.05, 0.1) is 5.69 Å².